The molecule has 0 saturated heterocycles. The van der Waals surface area contributed by atoms with Crippen molar-refractivity contribution in [2.75, 3.05) is 14.2 Å². The van der Waals surface area contributed by atoms with Crippen molar-refractivity contribution in [2.24, 2.45) is 0 Å². The van der Waals surface area contributed by atoms with Crippen molar-refractivity contribution in [1.29, 1.82) is 0 Å². The van der Waals surface area contributed by atoms with Crippen LogP contribution in [0.25, 0.3) is 0 Å². The van der Waals surface area contributed by atoms with E-state index in [1.165, 1.54) is 20.3 Å². The first-order valence-corrected chi connectivity index (χ1v) is 5.58. The number of aryl methyl sites for hydroxylation is 1. The van der Waals surface area contributed by atoms with Crippen molar-refractivity contribution in [3.05, 3.63) is 47.5 Å². The normalized spacial score (nSPS) is 10.9. The van der Waals surface area contributed by atoms with E-state index in [1.807, 2.05) is 30.3 Å². The summed E-state index contributed by atoms with van der Waals surface area (Å²) in [5, 5.41) is 0. The van der Waals surface area contributed by atoms with Gasteiger partial charge in [0.2, 0.25) is 0 Å². The van der Waals surface area contributed by atoms with Crippen LogP contribution in [0, 0.1) is 0 Å². The lowest BCUT2D eigenvalue weighted by molar-refractivity contribution is -0.138. The van der Waals surface area contributed by atoms with Gasteiger partial charge in [-0.05, 0) is 18.4 Å². The zero-order chi connectivity index (χ0) is 13.4. The fourth-order valence-corrected chi connectivity index (χ4v) is 1.49. The Morgan fingerprint density at radius 1 is 1.11 bits per heavy atom. The summed E-state index contributed by atoms with van der Waals surface area (Å²) in [6.07, 6.45) is 2.28. The smallest absolute Gasteiger partial charge is 0.333 e. The van der Waals surface area contributed by atoms with E-state index in [0.29, 0.717) is 18.4 Å². The molecule has 0 fully saturated rings. The number of esters is 2. The van der Waals surface area contributed by atoms with Gasteiger partial charge in [-0.25, -0.2) is 9.59 Å². The highest BCUT2D eigenvalue weighted by Crippen LogP contribution is 2.11. The van der Waals surface area contributed by atoms with Crippen LogP contribution in [-0.2, 0) is 25.5 Å². The fourth-order valence-electron chi connectivity index (χ4n) is 1.49. The Morgan fingerprint density at radius 3 is 2.33 bits per heavy atom. The Labute approximate surface area is 106 Å². The van der Waals surface area contributed by atoms with Crippen molar-refractivity contribution >= 4 is 11.9 Å². The minimum atomic E-state index is -0.552. The fraction of sp³-hybridized carbons (Fsp3) is 0.286. The molecular weight excluding hydrogens is 232 g/mol. The molecule has 0 unspecified atom stereocenters. The van der Waals surface area contributed by atoms with Gasteiger partial charge in [0.15, 0.2) is 0 Å². The van der Waals surface area contributed by atoms with E-state index in [-0.39, 0.29) is 0 Å². The molecule has 0 spiro atoms. The van der Waals surface area contributed by atoms with Gasteiger partial charge < -0.3 is 9.47 Å². The minimum absolute atomic E-state index is 0.313. The molecular formula is C14H16O4. The molecule has 1 aromatic rings. The summed E-state index contributed by atoms with van der Waals surface area (Å²) in [5.41, 5.74) is 1.41. The van der Waals surface area contributed by atoms with Crippen LogP contribution in [0.2, 0.25) is 0 Å². The summed E-state index contributed by atoms with van der Waals surface area (Å²) in [6.45, 7) is 0. The maximum Gasteiger partial charge on any atom is 0.333 e. The third-order valence-electron chi connectivity index (χ3n) is 2.47. The molecule has 4 heteroatoms. The van der Waals surface area contributed by atoms with Gasteiger partial charge >= 0.3 is 11.9 Å². The second-order valence-electron chi connectivity index (χ2n) is 3.67. The van der Waals surface area contributed by atoms with Crippen LogP contribution in [0.4, 0.5) is 0 Å². The van der Waals surface area contributed by atoms with E-state index in [1.54, 1.807) is 0 Å². The molecule has 0 amide bonds. The minimum Gasteiger partial charge on any atom is -0.466 e. The maximum atomic E-state index is 11.5. The van der Waals surface area contributed by atoms with E-state index in [0.717, 1.165) is 5.56 Å². The number of carbonyl (C=O) groups excluding carboxylic acids is 2. The summed E-state index contributed by atoms with van der Waals surface area (Å²) in [4.78, 5) is 22.6. The number of ether oxygens (including phenoxy) is 2. The van der Waals surface area contributed by atoms with Crippen LogP contribution < -0.4 is 0 Å². The molecule has 0 bridgehead atoms. The number of carbonyl (C=O) groups is 2. The zero-order valence-corrected chi connectivity index (χ0v) is 10.5. The molecule has 18 heavy (non-hydrogen) atoms. The Bertz CT molecular complexity index is 434. The second kappa shape index (κ2) is 7.27. The quantitative estimate of drug-likeness (QED) is 0.590. The molecule has 1 aromatic carbocycles. The molecule has 1 rings (SSSR count). The van der Waals surface area contributed by atoms with Crippen molar-refractivity contribution in [3.8, 4) is 0 Å². The number of rotatable bonds is 5. The van der Waals surface area contributed by atoms with Gasteiger partial charge in [0.25, 0.3) is 0 Å². The predicted molar refractivity (Wildman–Crippen MR) is 66.9 cm³/mol. The molecule has 0 radical (unpaired) electrons. The molecule has 0 aliphatic heterocycles. The van der Waals surface area contributed by atoms with Gasteiger partial charge in [-0.2, -0.15) is 0 Å². The Balaban J connectivity index is 2.71. The standard InChI is InChI=1S/C14H16O4/c1-17-13(15)10-12(14(16)18-2)9-8-11-6-4-3-5-7-11/h3-7,10H,8-9H2,1-2H3/b12-10+. The van der Waals surface area contributed by atoms with Crippen molar-refractivity contribution in [3.63, 3.8) is 0 Å². The summed E-state index contributed by atoms with van der Waals surface area (Å²) < 4.78 is 9.14. The summed E-state index contributed by atoms with van der Waals surface area (Å²) in [7, 11) is 2.56. The lowest BCUT2D eigenvalue weighted by Crippen LogP contribution is -2.09. The van der Waals surface area contributed by atoms with E-state index < -0.39 is 11.9 Å². The van der Waals surface area contributed by atoms with Gasteiger partial charge in [-0.3, -0.25) is 0 Å². The Morgan fingerprint density at radius 2 is 1.78 bits per heavy atom. The first-order chi connectivity index (χ1) is 8.67. The third-order valence-corrected chi connectivity index (χ3v) is 2.47. The average molecular weight is 248 g/mol. The first kappa shape index (κ1) is 14.0. The van der Waals surface area contributed by atoms with Crippen molar-refractivity contribution < 1.29 is 19.1 Å². The number of hydrogen-bond donors (Lipinski definition) is 0. The average Bonchev–Trinajstić information content (AvgIpc) is 2.43. The van der Waals surface area contributed by atoms with Crippen LogP contribution >= 0.6 is 0 Å². The largest absolute Gasteiger partial charge is 0.466 e. The molecule has 0 heterocycles. The highest BCUT2D eigenvalue weighted by atomic mass is 16.5. The molecule has 0 N–H and O–H groups in total. The van der Waals surface area contributed by atoms with Crippen LogP contribution in [0.5, 0.6) is 0 Å². The van der Waals surface area contributed by atoms with Gasteiger partial charge in [0, 0.05) is 11.6 Å². The summed E-state index contributed by atoms with van der Waals surface area (Å²) in [5.74, 6) is -1.06. The first-order valence-electron chi connectivity index (χ1n) is 5.58. The molecule has 0 aromatic heterocycles. The van der Waals surface area contributed by atoms with Crippen LogP contribution in [0.15, 0.2) is 42.0 Å². The second-order valence-corrected chi connectivity index (χ2v) is 3.67. The van der Waals surface area contributed by atoms with Crippen LogP contribution in [0.3, 0.4) is 0 Å². The van der Waals surface area contributed by atoms with Crippen LogP contribution in [0.1, 0.15) is 12.0 Å². The highest BCUT2D eigenvalue weighted by Gasteiger charge is 2.12. The molecule has 96 valence electrons. The molecule has 0 aliphatic rings. The number of benzene rings is 1. The van der Waals surface area contributed by atoms with Crippen molar-refractivity contribution in [2.45, 2.75) is 12.8 Å². The van der Waals surface area contributed by atoms with E-state index in [2.05, 4.69) is 9.47 Å². The number of hydrogen-bond acceptors (Lipinski definition) is 4. The summed E-state index contributed by atoms with van der Waals surface area (Å²) >= 11 is 0. The lowest BCUT2D eigenvalue weighted by Gasteiger charge is -2.05. The molecule has 4 nitrogen and oxygen atoms in total. The Kier molecular flexibility index (Phi) is 5.64. The van der Waals surface area contributed by atoms with Crippen molar-refractivity contribution in [1.82, 2.24) is 0 Å². The van der Waals surface area contributed by atoms with Gasteiger partial charge in [0.05, 0.1) is 14.2 Å². The van der Waals surface area contributed by atoms with Gasteiger partial charge in [0.1, 0.15) is 0 Å². The molecule has 0 aliphatic carbocycles. The van der Waals surface area contributed by atoms with E-state index >= 15 is 0 Å². The van der Waals surface area contributed by atoms with Crippen LogP contribution in [-0.4, -0.2) is 26.2 Å². The Hall–Kier alpha value is -2.10. The predicted octanol–water partition coefficient (Wildman–Crippen LogP) is 1.89. The van der Waals surface area contributed by atoms with Gasteiger partial charge in [-0.1, -0.05) is 30.3 Å². The van der Waals surface area contributed by atoms with E-state index in [9.17, 15) is 9.59 Å². The third kappa shape index (κ3) is 4.41. The topological polar surface area (TPSA) is 52.6 Å². The maximum absolute atomic E-state index is 11.5. The van der Waals surface area contributed by atoms with Gasteiger partial charge in [-0.15, -0.1) is 0 Å². The molecule has 0 atom stereocenters. The van der Waals surface area contributed by atoms with E-state index in [4.69, 9.17) is 0 Å². The monoisotopic (exact) mass is 248 g/mol. The summed E-state index contributed by atoms with van der Waals surface area (Å²) in [6, 6.07) is 9.71. The molecule has 0 saturated carbocycles. The SMILES string of the molecule is COC(=O)/C=C(\CCc1ccccc1)C(=O)OC. The highest BCUT2D eigenvalue weighted by molar-refractivity contribution is 5.96. The number of methoxy groups -OCH3 is 2. The zero-order valence-electron chi connectivity index (χ0n) is 10.5. The lowest BCUT2D eigenvalue weighted by atomic mass is 10.0.